The standard InChI is InChI=1S/C12H17NO2/c1-8-2-3-12-10(6-8)9(4-5-15-12)11(14)7-13/h2-3,6,9,11,14H,4-5,7,13H2,1H3. The summed E-state index contributed by atoms with van der Waals surface area (Å²) in [5.74, 6) is 1.02. The van der Waals surface area contributed by atoms with Gasteiger partial charge in [-0.1, -0.05) is 17.7 Å². The van der Waals surface area contributed by atoms with Gasteiger partial charge in [-0.3, -0.25) is 0 Å². The molecule has 3 nitrogen and oxygen atoms in total. The van der Waals surface area contributed by atoms with Crippen molar-refractivity contribution in [2.24, 2.45) is 5.73 Å². The molecule has 2 atom stereocenters. The van der Waals surface area contributed by atoms with Crippen molar-refractivity contribution in [2.45, 2.75) is 25.4 Å². The van der Waals surface area contributed by atoms with Crippen molar-refractivity contribution in [3.8, 4) is 5.75 Å². The van der Waals surface area contributed by atoms with E-state index >= 15 is 0 Å². The molecule has 2 rings (SSSR count). The Kier molecular flexibility index (Phi) is 2.93. The third kappa shape index (κ3) is 1.98. The number of aliphatic hydroxyl groups excluding tert-OH is 1. The second kappa shape index (κ2) is 4.21. The van der Waals surface area contributed by atoms with Crippen LogP contribution in [0, 0.1) is 6.92 Å². The zero-order valence-corrected chi connectivity index (χ0v) is 8.94. The highest BCUT2D eigenvalue weighted by Gasteiger charge is 2.26. The Hall–Kier alpha value is -1.06. The first-order valence-corrected chi connectivity index (χ1v) is 5.34. The molecule has 1 aliphatic heterocycles. The molecule has 2 unspecified atom stereocenters. The van der Waals surface area contributed by atoms with E-state index in [0.29, 0.717) is 13.2 Å². The number of benzene rings is 1. The van der Waals surface area contributed by atoms with Crippen molar-refractivity contribution in [3.05, 3.63) is 29.3 Å². The molecule has 0 amide bonds. The van der Waals surface area contributed by atoms with Crippen LogP contribution in [0.3, 0.4) is 0 Å². The topological polar surface area (TPSA) is 55.5 Å². The quantitative estimate of drug-likeness (QED) is 0.765. The van der Waals surface area contributed by atoms with Crippen LogP contribution in [0.1, 0.15) is 23.5 Å². The van der Waals surface area contributed by atoms with Crippen LogP contribution in [-0.2, 0) is 0 Å². The molecule has 1 aliphatic rings. The van der Waals surface area contributed by atoms with Crippen LogP contribution in [0.2, 0.25) is 0 Å². The lowest BCUT2D eigenvalue weighted by Crippen LogP contribution is -2.31. The van der Waals surface area contributed by atoms with Gasteiger partial charge in [0, 0.05) is 18.0 Å². The highest BCUT2D eigenvalue weighted by molar-refractivity contribution is 5.41. The van der Waals surface area contributed by atoms with Gasteiger partial charge in [0.25, 0.3) is 0 Å². The molecule has 82 valence electrons. The van der Waals surface area contributed by atoms with E-state index in [4.69, 9.17) is 10.5 Å². The average molecular weight is 207 g/mol. The van der Waals surface area contributed by atoms with E-state index in [1.165, 1.54) is 5.56 Å². The second-order valence-corrected chi connectivity index (χ2v) is 4.09. The van der Waals surface area contributed by atoms with Crippen LogP contribution >= 0.6 is 0 Å². The third-order valence-electron chi connectivity index (χ3n) is 2.96. The van der Waals surface area contributed by atoms with Crippen molar-refractivity contribution in [1.29, 1.82) is 0 Å². The molecule has 1 aromatic carbocycles. The number of ether oxygens (including phenoxy) is 1. The van der Waals surface area contributed by atoms with Crippen molar-refractivity contribution in [3.63, 3.8) is 0 Å². The number of aryl methyl sites for hydroxylation is 1. The molecule has 0 saturated heterocycles. The third-order valence-corrected chi connectivity index (χ3v) is 2.96. The Morgan fingerprint density at radius 2 is 2.40 bits per heavy atom. The fraction of sp³-hybridized carbons (Fsp3) is 0.500. The molecule has 3 N–H and O–H groups in total. The summed E-state index contributed by atoms with van der Waals surface area (Å²) in [5.41, 5.74) is 7.79. The lowest BCUT2D eigenvalue weighted by atomic mass is 9.87. The summed E-state index contributed by atoms with van der Waals surface area (Å²) in [6.45, 7) is 3.01. The molecule has 0 spiro atoms. The summed E-state index contributed by atoms with van der Waals surface area (Å²) in [5, 5.41) is 9.84. The summed E-state index contributed by atoms with van der Waals surface area (Å²) in [4.78, 5) is 0. The normalized spacial score (nSPS) is 21.7. The number of hydrogen-bond donors (Lipinski definition) is 2. The maximum Gasteiger partial charge on any atom is 0.122 e. The lowest BCUT2D eigenvalue weighted by molar-refractivity contribution is 0.123. The van der Waals surface area contributed by atoms with Crippen molar-refractivity contribution < 1.29 is 9.84 Å². The number of nitrogens with two attached hydrogens (primary N) is 1. The molecular weight excluding hydrogens is 190 g/mol. The molecule has 15 heavy (non-hydrogen) atoms. The molecule has 0 radical (unpaired) electrons. The molecule has 0 bridgehead atoms. The minimum atomic E-state index is -0.463. The van der Waals surface area contributed by atoms with Crippen molar-refractivity contribution in [1.82, 2.24) is 0 Å². The van der Waals surface area contributed by atoms with Crippen LogP contribution < -0.4 is 10.5 Å². The van der Waals surface area contributed by atoms with E-state index in [9.17, 15) is 5.11 Å². The van der Waals surface area contributed by atoms with Gasteiger partial charge in [-0.05, 0) is 19.4 Å². The molecule has 1 aromatic rings. The molecule has 0 fully saturated rings. The zero-order valence-electron chi connectivity index (χ0n) is 8.94. The van der Waals surface area contributed by atoms with Crippen molar-refractivity contribution in [2.75, 3.05) is 13.2 Å². The van der Waals surface area contributed by atoms with Gasteiger partial charge in [0.1, 0.15) is 5.75 Å². The predicted molar refractivity (Wildman–Crippen MR) is 59.1 cm³/mol. The SMILES string of the molecule is Cc1ccc2c(c1)C(C(O)CN)CCO2. The second-order valence-electron chi connectivity index (χ2n) is 4.09. The number of fused-ring (bicyclic) bond motifs is 1. The van der Waals surface area contributed by atoms with Gasteiger partial charge in [-0.15, -0.1) is 0 Å². The minimum absolute atomic E-state index is 0.124. The first-order valence-electron chi connectivity index (χ1n) is 5.34. The molecular formula is C12H17NO2. The highest BCUT2D eigenvalue weighted by Crippen LogP contribution is 2.36. The Balaban J connectivity index is 2.36. The number of rotatable bonds is 2. The summed E-state index contributed by atoms with van der Waals surface area (Å²) in [6, 6.07) is 6.08. The fourth-order valence-electron chi connectivity index (χ4n) is 2.10. The van der Waals surface area contributed by atoms with Gasteiger partial charge < -0.3 is 15.6 Å². The smallest absolute Gasteiger partial charge is 0.122 e. The Morgan fingerprint density at radius 1 is 1.60 bits per heavy atom. The van der Waals surface area contributed by atoms with Crippen LogP contribution in [0.15, 0.2) is 18.2 Å². The minimum Gasteiger partial charge on any atom is -0.493 e. The fourth-order valence-corrected chi connectivity index (χ4v) is 2.10. The molecule has 1 heterocycles. The Bertz CT molecular complexity index is 351. The van der Waals surface area contributed by atoms with Gasteiger partial charge in [-0.2, -0.15) is 0 Å². The van der Waals surface area contributed by atoms with E-state index in [-0.39, 0.29) is 5.92 Å². The molecule has 3 heteroatoms. The van der Waals surface area contributed by atoms with Crippen LogP contribution in [0.4, 0.5) is 0 Å². The van der Waals surface area contributed by atoms with Crippen molar-refractivity contribution >= 4 is 0 Å². The maximum absolute atomic E-state index is 9.84. The summed E-state index contributed by atoms with van der Waals surface area (Å²) >= 11 is 0. The van der Waals surface area contributed by atoms with Gasteiger partial charge in [0.2, 0.25) is 0 Å². The number of aliphatic hydroxyl groups is 1. The van der Waals surface area contributed by atoms with Gasteiger partial charge in [-0.25, -0.2) is 0 Å². The summed E-state index contributed by atoms with van der Waals surface area (Å²) < 4.78 is 5.55. The predicted octanol–water partition coefficient (Wildman–Crippen LogP) is 1.18. The Labute approximate surface area is 89.9 Å². The lowest BCUT2D eigenvalue weighted by Gasteiger charge is -2.29. The monoisotopic (exact) mass is 207 g/mol. The summed E-state index contributed by atoms with van der Waals surface area (Å²) in [6.07, 6.45) is 0.379. The van der Waals surface area contributed by atoms with E-state index in [1.807, 2.05) is 19.1 Å². The van der Waals surface area contributed by atoms with Gasteiger partial charge in [0.05, 0.1) is 12.7 Å². The van der Waals surface area contributed by atoms with E-state index in [2.05, 4.69) is 6.07 Å². The van der Waals surface area contributed by atoms with Gasteiger partial charge in [0.15, 0.2) is 0 Å². The zero-order chi connectivity index (χ0) is 10.8. The van der Waals surface area contributed by atoms with Gasteiger partial charge >= 0.3 is 0 Å². The molecule has 0 saturated carbocycles. The molecule has 0 aromatic heterocycles. The van der Waals surface area contributed by atoms with Crippen LogP contribution in [0.5, 0.6) is 5.75 Å². The number of hydrogen-bond acceptors (Lipinski definition) is 3. The maximum atomic E-state index is 9.84. The first-order chi connectivity index (χ1) is 7.22. The Morgan fingerprint density at radius 3 is 3.13 bits per heavy atom. The average Bonchev–Trinajstić information content (AvgIpc) is 2.27. The van der Waals surface area contributed by atoms with E-state index in [1.54, 1.807) is 0 Å². The van der Waals surface area contributed by atoms with Crippen LogP contribution in [0.25, 0.3) is 0 Å². The summed E-state index contributed by atoms with van der Waals surface area (Å²) in [7, 11) is 0. The highest BCUT2D eigenvalue weighted by atomic mass is 16.5. The largest absolute Gasteiger partial charge is 0.493 e. The molecule has 0 aliphatic carbocycles. The van der Waals surface area contributed by atoms with Crippen LogP contribution in [-0.4, -0.2) is 24.4 Å². The van der Waals surface area contributed by atoms with E-state index in [0.717, 1.165) is 17.7 Å². The first kappa shape index (κ1) is 10.5. The van der Waals surface area contributed by atoms with E-state index < -0.39 is 6.10 Å².